The second kappa shape index (κ2) is 6.85. The molecule has 0 saturated heterocycles. The van der Waals surface area contributed by atoms with E-state index in [4.69, 9.17) is 0 Å². The van der Waals surface area contributed by atoms with Gasteiger partial charge in [0.25, 0.3) is 0 Å². The molecule has 2 atom stereocenters. The smallest absolute Gasteiger partial charge is 0.145 e. The molecule has 0 aliphatic rings. The summed E-state index contributed by atoms with van der Waals surface area (Å²) in [6.45, 7) is 7.97. The monoisotopic (exact) mass is 262 g/mol. The van der Waals surface area contributed by atoms with Crippen molar-refractivity contribution in [2.75, 3.05) is 0 Å². The molecule has 0 aliphatic heterocycles. The molecule has 0 heterocycles. The number of Topliss-reactive ketones (excluding diaryl/α,β-unsaturated/α-hetero) is 1. The van der Waals surface area contributed by atoms with Gasteiger partial charge in [0.2, 0.25) is 0 Å². The molecule has 2 heteroatoms. The Morgan fingerprint density at radius 2 is 1.84 bits per heavy atom. The summed E-state index contributed by atoms with van der Waals surface area (Å²) in [7, 11) is 0. The average molecular weight is 262 g/mol. The van der Waals surface area contributed by atoms with E-state index >= 15 is 0 Å². The van der Waals surface area contributed by atoms with Crippen LogP contribution in [0.25, 0.3) is 0 Å². The van der Waals surface area contributed by atoms with Crippen molar-refractivity contribution in [1.82, 2.24) is 0 Å². The van der Waals surface area contributed by atoms with Crippen LogP contribution in [-0.4, -0.2) is 17.0 Å². The van der Waals surface area contributed by atoms with Crippen molar-refractivity contribution >= 4 is 5.78 Å². The standard InChI is InChI=1S/C17H26O2/c1-5-9-15(18)17(4,13(2)3)16(19)12-14-10-7-6-8-11-14/h6-8,10-11,13,15,18H,5,9,12H2,1-4H3. The molecule has 0 saturated carbocycles. The van der Waals surface area contributed by atoms with Crippen molar-refractivity contribution in [1.29, 1.82) is 0 Å². The summed E-state index contributed by atoms with van der Waals surface area (Å²) in [5.74, 6) is 0.264. The number of aliphatic hydroxyl groups excluding tert-OH is 1. The van der Waals surface area contributed by atoms with Crippen molar-refractivity contribution in [2.45, 2.75) is 53.1 Å². The summed E-state index contributed by atoms with van der Waals surface area (Å²) in [4.78, 5) is 12.6. The third-order valence-corrected chi connectivity index (χ3v) is 4.26. The first-order chi connectivity index (χ1) is 8.92. The Morgan fingerprint density at radius 3 is 2.32 bits per heavy atom. The maximum atomic E-state index is 12.6. The predicted molar refractivity (Wildman–Crippen MR) is 79.0 cm³/mol. The second-order valence-corrected chi connectivity index (χ2v) is 5.83. The number of rotatable bonds is 7. The zero-order chi connectivity index (χ0) is 14.5. The minimum absolute atomic E-state index is 0.130. The van der Waals surface area contributed by atoms with Crippen LogP contribution in [0, 0.1) is 11.3 Å². The Bertz CT molecular complexity index is 397. The fraction of sp³-hybridized carbons (Fsp3) is 0.588. The van der Waals surface area contributed by atoms with E-state index in [-0.39, 0.29) is 11.7 Å². The minimum Gasteiger partial charge on any atom is -0.392 e. The normalized spacial score (nSPS) is 16.1. The summed E-state index contributed by atoms with van der Waals surface area (Å²) in [6, 6.07) is 9.76. The molecule has 0 aliphatic carbocycles. The third kappa shape index (κ3) is 3.66. The van der Waals surface area contributed by atoms with Crippen LogP contribution in [0.4, 0.5) is 0 Å². The predicted octanol–water partition coefficient (Wildman–Crippen LogP) is 3.62. The van der Waals surface area contributed by atoms with Gasteiger partial charge in [-0.25, -0.2) is 0 Å². The molecular weight excluding hydrogens is 236 g/mol. The molecule has 0 fully saturated rings. The molecule has 1 aromatic carbocycles. The zero-order valence-electron chi connectivity index (χ0n) is 12.5. The van der Waals surface area contributed by atoms with E-state index < -0.39 is 11.5 Å². The molecule has 0 aromatic heterocycles. The Hall–Kier alpha value is -1.15. The SMILES string of the molecule is CCCC(O)C(C)(C(=O)Cc1ccccc1)C(C)C. The van der Waals surface area contributed by atoms with Gasteiger partial charge in [-0.05, 0) is 24.8 Å². The largest absolute Gasteiger partial charge is 0.392 e. The van der Waals surface area contributed by atoms with Gasteiger partial charge in [-0.1, -0.05) is 57.5 Å². The Labute approximate surface area is 116 Å². The maximum absolute atomic E-state index is 12.6. The van der Waals surface area contributed by atoms with Gasteiger partial charge in [0.15, 0.2) is 0 Å². The highest BCUT2D eigenvalue weighted by Gasteiger charge is 2.42. The van der Waals surface area contributed by atoms with Gasteiger partial charge >= 0.3 is 0 Å². The summed E-state index contributed by atoms with van der Waals surface area (Å²) >= 11 is 0. The maximum Gasteiger partial charge on any atom is 0.145 e. The van der Waals surface area contributed by atoms with E-state index in [1.165, 1.54) is 0 Å². The topological polar surface area (TPSA) is 37.3 Å². The van der Waals surface area contributed by atoms with Crippen molar-refractivity contribution in [2.24, 2.45) is 11.3 Å². The van der Waals surface area contributed by atoms with Crippen LogP contribution in [-0.2, 0) is 11.2 Å². The third-order valence-electron chi connectivity index (χ3n) is 4.26. The van der Waals surface area contributed by atoms with Gasteiger partial charge in [0, 0.05) is 6.42 Å². The molecule has 106 valence electrons. The first-order valence-corrected chi connectivity index (χ1v) is 7.18. The first kappa shape index (κ1) is 15.9. The lowest BCUT2D eigenvalue weighted by Crippen LogP contribution is -2.45. The number of hydrogen-bond acceptors (Lipinski definition) is 2. The van der Waals surface area contributed by atoms with Crippen LogP contribution >= 0.6 is 0 Å². The lowest BCUT2D eigenvalue weighted by Gasteiger charge is -2.37. The molecule has 0 spiro atoms. The number of carbonyl (C=O) groups is 1. The molecule has 0 amide bonds. The summed E-state index contributed by atoms with van der Waals surface area (Å²) in [5, 5.41) is 10.4. The Kier molecular flexibility index (Phi) is 5.74. The van der Waals surface area contributed by atoms with Crippen LogP contribution < -0.4 is 0 Å². The molecule has 0 bridgehead atoms. The average Bonchev–Trinajstić information content (AvgIpc) is 2.38. The molecule has 1 rings (SSSR count). The van der Waals surface area contributed by atoms with Gasteiger partial charge in [-0.3, -0.25) is 4.79 Å². The van der Waals surface area contributed by atoms with E-state index in [1.807, 2.05) is 58.0 Å². The van der Waals surface area contributed by atoms with Crippen LogP contribution in [0.2, 0.25) is 0 Å². The number of benzene rings is 1. The van der Waals surface area contributed by atoms with Crippen molar-refractivity contribution in [3.63, 3.8) is 0 Å². The molecule has 0 radical (unpaired) electrons. The summed E-state index contributed by atoms with van der Waals surface area (Å²) in [5.41, 5.74) is 0.356. The van der Waals surface area contributed by atoms with Crippen molar-refractivity contribution < 1.29 is 9.90 Å². The van der Waals surface area contributed by atoms with Crippen LogP contribution in [0.3, 0.4) is 0 Å². The van der Waals surface area contributed by atoms with Gasteiger partial charge < -0.3 is 5.11 Å². The Morgan fingerprint density at radius 1 is 1.26 bits per heavy atom. The molecule has 1 aromatic rings. The molecule has 1 N–H and O–H groups in total. The van der Waals surface area contributed by atoms with Gasteiger partial charge in [-0.2, -0.15) is 0 Å². The van der Waals surface area contributed by atoms with E-state index in [9.17, 15) is 9.90 Å². The number of aliphatic hydroxyl groups is 1. The lowest BCUT2D eigenvalue weighted by atomic mass is 9.68. The van der Waals surface area contributed by atoms with Gasteiger partial charge in [0.1, 0.15) is 5.78 Å². The summed E-state index contributed by atoms with van der Waals surface area (Å²) < 4.78 is 0. The quantitative estimate of drug-likeness (QED) is 0.815. The van der Waals surface area contributed by atoms with E-state index in [0.717, 1.165) is 12.0 Å². The highest BCUT2D eigenvalue weighted by Crippen LogP contribution is 2.35. The van der Waals surface area contributed by atoms with Crippen LogP contribution in [0.5, 0.6) is 0 Å². The van der Waals surface area contributed by atoms with Crippen LogP contribution in [0.15, 0.2) is 30.3 Å². The molecule has 2 nitrogen and oxygen atoms in total. The molecule has 2 unspecified atom stereocenters. The fourth-order valence-corrected chi connectivity index (χ4v) is 2.44. The number of ketones is 1. The number of carbonyl (C=O) groups excluding carboxylic acids is 1. The van der Waals surface area contributed by atoms with E-state index in [2.05, 4.69) is 0 Å². The van der Waals surface area contributed by atoms with E-state index in [0.29, 0.717) is 12.8 Å². The molecular formula is C17H26O2. The summed E-state index contributed by atoms with van der Waals surface area (Å²) in [6.07, 6.45) is 1.40. The van der Waals surface area contributed by atoms with Crippen LogP contribution in [0.1, 0.15) is 46.1 Å². The zero-order valence-corrected chi connectivity index (χ0v) is 12.5. The molecule has 19 heavy (non-hydrogen) atoms. The van der Waals surface area contributed by atoms with Crippen molar-refractivity contribution in [3.8, 4) is 0 Å². The van der Waals surface area contributed by atoms with Gasteiger partial charge in [0.05, 0.1) is 11.5 Å². The Balaban J connectivity index is 2.90. The van der Waals surface area contributed by atoms with Crippen molar-refractivity contribution in [3.05, 3.63) is 35.9 Å². The first-order valence-electron chi connectivity index (χ1n) is 7.18. The highest BCUT2D eigenvalue weighted by atomic mass is 16.3. The lowest BCUT2D eigenvalue weighted by molar-refractivity contribution is -0.138. The second-order valence-electron chi connectivity index (χ2n) is 5.83. The highest BCUT2D eigenvalue weighted by molar-refractivity contribution is 5.87. The van der Waals surface area contributed by atoms with E-state index in [1.54, 1.807) is 0 Å². The fourth-order valence-electron chi connectivity index (χ4n) is 2.44. The number of hydrogen-bond donors (Lipinski definition) is 1. The minimum atomic E-state index is -0.661. The van der Waals surface area contributed by atoms with Gasteiger partial charge in [-0.15, -0.1) is 0 Å².